The van der Waals surface area contributed by atoms with Crippen LogP contribution in [0, 0.1) is 6.92 Å². The molecule has 1 N–H and O–H groups in total. The van der Waals surface area contributed by atoms with Crippen LogP contribution >= 0.6 is 0 Å². The van der Waals surface area contributed by atoms with E-state index < -0.39 is 0 Å². The topological polar surface area (TPSA) is 110 Å². The zero-order valence-corrected chi connectivity index (χ0v) is 18.7. The highest BCUT2D eigenvalue weighted by Crippen LogP contribution is 2.25. The number of nitrogens with one attached hydrogen (secondary N) is 1. The molecule has 1 aliphatic rings. The van der Waals surface area contributed by atoms with Gasteiger partial charge in [-0.3, -0.25) is 14.4 Å². The first-order valence-electron chi connectivity index (χ1n) is 10.9. The van der Waals surface area contributed by atoms with Crippen LogP contribution in [0.2, 0.25) is 0 Å². The van der Waals surface area contributed by atoms with Crippen LogP contribution in [0.5, 0.6) is 0 Å². The molecule has 0 aliphatic carbocycles. The second-order valence-electron chi connectivity index (χ2n) is 8.17. The normalized spacial score (nSPS) is 15.8. The molecule has 4 rings (SSSR count). The Morgan fingerprint density at radius 3 is 2.67 bits per heavy atom. The smallest absolute Gasteiger partial charge is 0.274 e. The molecule has 3 aromatic rings. The number of aromatic nitrogens is 4. The highest BCUT2D eigenvalue weighted by atomic mass is 16.2. The minimum absolute atomic E-state index is 0.0321. The van der Waals surface area contributed by atoms with E-state index in [0.29, 0.717) is 36.7 Å². The molecule has 0 bridgehead atoms. The monoisotopic (exact) mass is 446 g/mol. The molecule has 0 spiro atoms. The van der Waals surface area contributed by atoms with Gasteiger partial charge < -0.3 is 10.2 Å². The van der Waals surface area contributed by atoms with Gasteiger partial charge in [0.2, 0.25) is 0 Å². The highest BCUT2D eigenvalue weighted by Gasteiger charge is 2.28. The van der Waals surface area contributed by atoms with Gasteiger partial charge in [0.15, 0.2) is 0 Å². The van der Waals surface area contributed by atoms with E-state index in [2.05, 4.69) is 20.4 Å². The standard InChI is InChI=1S/C24H26N6O3/c1-16-19(23(32)26-13-17-7-4-3-5-8-17)14-25-22(27-16)18-9-6-12-30(15-18)24(33)20-10-11-21(31)29(2)28-20/h3-5,7-8,10-11,14,18H,6,9,12-13,15H2,1-2H3,(H,26,32)/t18-/m0/s1. The number of likely N-dealkylation sites (tertiary alicyclic amines) is 1. The van der Waals surface area contributed by atoms with Gasteiger partial charge in [0, 0.05) is 44.9 Å². The van der Waals surface area contributed by atoms with Crippen molar-refractivity contribution in [1.82, 2.24) is 30.0 Å². The summed E-state index contributed by atoms with van der Waals surface area (Å²) in [6.45, 7) is 3.30. The van der Waals surface area contributed by atoms with Crippen LogP contribution in [0.4, 0.5) is 0 Å². The Morgan fingerprint density at radius 1 is 1.15 bits per heavy atom. The Balaban J connectivity index is 1.43. The van der Waals surface area contributed by atoms with Crippen molar-refractivity contribution in [2.24, 2.45) is 7.05 Å². The van der Waals surface area contributed by atoms with Gasteiger partial charge in [-0.05, 0) is 31.4 Å². The minimum Gasteiger partial charge on any atom is -0.348 e. The number of carbonyl (C=O) groups excluding carboxylic acids is 2. The molecule has 1 atom stereocenters. The first kappa shape index (κ1) is 22.3. The fourth-order valence-electron chi connectivity index (χ4n) is 3.93. The number of benzene rings is 1. The number of hydrogen-bond donors (Lipinski definition) is 1. The Bertz CT molecular complexity index is 1220. The van der Waals surface area contributed by atoms with Crippen LogP contribution in [-0.4, -0.2) is 49.6 Å². The van der Waals surface area contributed by atoms with E-state index in [1.54, 1.807) is 18.0 Å². The van der Waals surface area contributed by atoms with Gasteiger partial charge in [-0.25, -0.2) is 14.6 Å². The van der Waals surface area contributed by atoms with Gasteiger partial charge in [-0.1, -0.05) is 30.3 Å². The number of carbonyl (C=O) groups is 2. The van der Waals surface area contributed by atoms with Crippen LogP contribution in [0.1, 0.15) is 56.7 Å². The molecule has 2 aromatic heterocycles. The third-order valence-corrected chi connectivity index (χ3v) is 5.79. The van der Waals surface area contributed by atoms with Gasteiger partial charge in [0.1, 0.15) is 11.5 Å². The molecule has 9 heteroatoms. The molecule has 0 radical (unpaired) electrons. The van der Waals surface area contributed by atoms with Crippen LogP contribution < -0.4 is 10.9 Å². The summed E-state index contributed by atoms with van der Waals surface area (Å²) in [6.07, 6.45) is 3.22. The average Bonchev–Trinajstić information content (AvgIpc) is 2.84. The fourth-order valence-corrected chi connectivity index (χ4v) is 3.93. The summed E-state index contributed by atoms with van der Waals surface area (Å²) in [5.41, 5.74) is 2.03. The van der Waals surface area contributed by atoms with E-state index in [-0.39, 0.29) is 29.0 Å². The van der Waals surface area contributed by atoms with Crippen molar-refractivity contribution in [3.8, 4) is 0 Å². The molecular formula is C24H26N6O3. The second kappa shape index (κ2) is 9.72. The number of piperidine rings is 1. The zero-order chi connectivity index (χ0) is 23.4. The number of nitrogens with zero attached hydrogens (tertiary/aromatic N) is 5. The number of aryl methyl sites for hydroxylation is 2. The summed E-state index contributed by atoms with van der Waals surface area (Å²) < 4.78 is 1.16. The lowest BCUT2D eigenvalue weighted by atomic mass is 9.96. The van der Waals surface area contributed by atoms with E-state index in [0.717, 1.165) is 23.1 Å². The van der Waals surface area contributed by atoms with Gasteiger partial charge in [-0.15, -0.1) is 0 Å². The molecule has 1 fully saturated rings. The van der Waals surface area contributed by atoms with Crippen LogP contribution in [0.3, 0.4) is 0 Å². The highest BCUT2D eigenvalue weighted by molar-refractivity contribution is 5.94. The van der Waals surface area contributed by atoms with Crippen molar-refractivity contribution in [3.63, 3.8) is 0 Å². The maximum absolute atomic E-state index is 12.9. The summed E-state index contributed by atoms with van der Waals surface area (Å²) in [5.74, 6) is 0.154. The lowest BCUT2D eigenvalue weighted by Crippen LogP contribution is -2.40. The maximum atomic E-state index is 12.9. The van der Waals surface area contributed by atoms with Gasteiger partial charge >= 0.3 is 0 Å². The lowest BCUT2D eigenvalue weighted by molar-refractivity contribution is 0.0696. The molecular weight excluding hydrogens is 420 g/mol. The maximum Gasteiger partial charge on any atom is 0.274 e. The van der Waals surface area contributed by atoms with Crippen molar-refractivity contribution in [3.05, 3.63) is 87.4 Å². The summed E-state index contributed by atoms with van der Waals surface area (Å²) in [7, 11) is 1.52. The van der Waals surface area contributed by atoms with Gasteiger partial charge in [0.05, 0.1) is 11.3 Å². The second-order valence-corrected chi connectivity index (χ2v) is 8.17. The number of hydrogen-bond acceptors (Lipinski definition) is 6. The molecule has 2 amide bonds. The summed E-state index contributed by atoms with van der Waals surface area (Å²) in [5, 5.41) is 6.97. The van der Waals surface area contributed by atoms with Crippen molar-refractivity contribution in [1.29, 1.82) is 0 Å². The van der Waals surface area contributed by atoms with E-state index in [1.165, 1.54) is 19.2 Å². The van der Waals surface area contributed by atoms with Crippen molar-refractivity contribution in [2.45, 2.75) is 32.2 Å². The Morgan fingerprint density at radius 2 is 1.94 bits per heavy atom. The summed E-state index contributed by atoms with van der Waals surface area (Å²) >= 11 is 0. The van der Waals surface area contributed by atoms with E-state index in [4.69, 9.17) is 0 Å². The predicted octanol–water partition coefficient (Wildman–Crippen LogP) is 1.83. The van der Waals surface area contributed by atoms with Crippen molar-refractivity contribution >= 4 is 11.8 Å². The van der Waals surface area contributed by atoms with Gasteiger partial charge in [-0.2, -0.15) is 5.10 Å². The first-order valence-corrected chi connectivity index (χ1v) is 10.9. The third-order valence-electron chi connectivity index (χ3n) is 5.79. The Labute approximate surface area is 191 Å². The zero-order valence-electron chi connectivity index (χ0n) is 18.7. The van der Waals surface area contributed by atoms with Crippen LogP contribution in [0.15, 0.2) is 53.5 Å². The quantitative estimate of drug-likeness (QED) is 0.640. The van der Waals surface area contributed by atoms with E-state index in [9.17, 15) is 14.4 Å². The minimum atomic E-state index is -0.264. The summed E-state index contributed by atoms with van der Waals surface area (Å²) in [6, 6.07) is 12.5. The lowest BCUT2D eigenvalue weighted by Gasteiger charge is -2.32. The Hall–Kier alpha value is -3.88. The average molecular weight is 447 g/mol. The molecule has 1 saturated heterocycles. The molecule has 170 valence electrons. The van der Waals surface area contributed by atoms with E-state index in [1.807, 2.05) is 30.3 Å². The molecule has 33 heavy (non-hydrogen) atoms. The van der Waals surface area contributed by atoms with Crippen molar-refractivity contribution < 1.29 is 9.59 Å². The van der Waals surface area contributed by atoms with Gasteiger partial charge in [0.25, 0.3) is 17.4 Å². The molecule has 1 aliphatic heterocycles. The summed E-state index contributed by atoms with van der Waals surface area (Å²) in [4.78, 5) is 47.8. The van der Waals surface area contributed by atoms with Crippen LogP contribution in [0.25, 0.3) is 0 Å². The molecule has 1 aromatic carbocycles. The molecule has 3 heterocycles. The third kappa shape index (κ3) is 5.14. The molecule has 0 saturated carbocycles. The molecule has 0 unspecified atom stereocenters. The largest absolute Gasteiger partial charge is 0.348 e. The predicted molar refractivity (Wildman–Crippen MR) is 122 cm³/mol. The van der Waals surface area contributed by atoms with Crippen molar-refractivity contribution in [2.75, 3.05) is 13.1 Å². The van der Waals surface area contributed by atoms with Crippen LogP contribution in [-0.2, 0) is 13.6 Å². The SMILES string of the molecule is Cc1nc([C@H]2CCCN(C(=O)c3ccc(=O)n(C)n3)C2)ncc1C(=O)NCc1ccccc1. The number of rotatable bonds is 5. The molecule has 9 nitrogen and oxygen atoms in total. The Kier molecular flexibility index (Phi) is 6.58. The first-order chi connectivity index (χ1) is 15.9. The number of amides is 2. The fraction of sp³-hybridized carbons (Fsp3) is 0.333. The van der Waals surface area contributed by atoms with E-state index >= 15 is 0 Å².